The first-order valence-electron chi connectivity index (χ1n) is 8.82. The monoisotopic (exact) mass is 363 g/mol. The molecule has 1 heterocycles. The number of hydrogen-bond acceptors (Lipinski definition) is 3. The first-order chi connectivity index (χ1) is 12.7. The average molecular weight is 363 g/mol. The molecule has 0 saturated heterocycles. The normalized spacial score (nSPS) is 13.6. The van der Waals surface area contributed by atoms with Crippen molar-refractivity contribution < 1.29 is 4.79 Å². The van der Waals surface area contributed by atoms with Crippen molar-refractivity contribution in [3.63, 3.8) is 0 Å². The van der Waals surface area contributed by atoms with Crippen LogP contribution in [0.4, 0.5) is 5.69 Å². The maximum Gasteiger partial charge on any atom is 0.234 e. The summed E-state index contributed by atoms with van der Waals surface area (Å²) in [5.74, 6) is 0.346. The second-order valence-corrected chi connectivity index (χ2v) is 7.54. The molecule has 1 N–H and O–H groups in total. The van der Waals surface area contributed by atoms with Gasteiger partial charge in [0.15, 0.2) is 5.16 Å². The first-order valence-corrected chi connectivity index (χ1v) is 9.81. The lowest BCUT2D eigenvalue weighted by Gasteiger charge is -2.11. The summed E-state index contributed by atoms with van der Waals surface area (Å²) >= 11 is 1.50. The van der Waals surface area contributed by atoms with E-state index in [1.54, 1.807) is 0 Å². The number of nitrogens with zero attached hydrogens (tertiary/aromatic N) is 2. The molecule has 4 rings (SSSR count). The number of anilines is 1. The number of aromatic nitrogens is 2. The maximum atomic E-state index is 12.3. The summed E-state index contributed by atoms with van der Waals surface area (Å²) in [6, 6.07) is 18.7. The highest BCUT2D eigenvalue weighted by Crippen LogP contribution is 2.41. The lowest BCUT2D eigenvalue weighted by atomic mass is 10.2. The SMILES string of the molecule is Cc1cccc(NC(=O)CSc2ncc(-c3ccccc3)n2C2CC2)c1. The molecule has 1 aliphatic carbocycles. The molecule has 0 radical (unpaired) electrons. The number of aryl methyl sites for hydroxylation is 1. The lowest BCUT2D eigenvalue weighted by molar-refractivity contribution is -0.113. The fraction of sp³-hybridized carbons (Fsp3) is 0.238. The predicted molar refractivity (Wildman–Crippen MR) is 106 cm³/mol. The van der Waals surface area contributed by atoms with Crippen LogP contribution in [0.3, 0.4) is 0 Å². The van der Waals surface area contributed by atoms with Gasteiger partial charge in [0, 0.05) is 11.7 Å². The summed E-state index contributed by atoms with van der Waals surface area (Å²) in [5, 5.41) is 3.88. The molecule has 0 atom stereocenters. The molecule has 4 nitrogen and oxygen atoms in total. The van der Waals surface area contributed by atoms with Crippen LogP contribution in [-0.4, -0.2) is 21.2 Å². The fourth-order valence-corrected chi connectivity index (χ4v) is 3.85. The van der Waals surface area contributed by atoms with Crippen molar-refractivity contribution in [2.75, 3.05) is 11.1 Å². The Morgan fingerprint density at radius 2 is 2.00 bits per heavy atom. The van der Waals surface area contributed by atoms with Crippen molar-refractivity contribution in [3.05, 3.63) is 66.4 Å². The van der Waals surface area contributed by atoms with Gasteiger partial charge in [-0.1, -0.05) is 54.2 Å². The van der Waals surface area contributed by atoms with Crippen molar-refractivity contribution in [1.29, 1.82) is 0 Å². The van der Waals surface area contributed by atoms with Crippen LogP contribution >= 0.6 is 11.8 Å². The fourth-order valence-electron chi connectivity index (χ4n) is 3.01. The number of carbonyl (C=O) groups excluding carboxylic acids is 1. The van der Waals surface area contributed by atoms with E-state index in [2.05, 4.69) is 27.0 Å². The molecule has 1 fully saturated rings. The third-order valence-corrected chi connectivity index (χ3v) is 5.35. The van der Waals surface area contributed by atoms with Crippen LogP contribution in [0.5, 0.6) is 0 Å². The Kier molecular flexibility index (Phi) is 4.80. The number of hydrogen-bond donors (Lipinski definition) is 1. The van der Waals surface area contributed by atoms with E-state index in [4.69, 9.17) is 0 Å². The molecular weight excluding hydrogens is 342 g/mol. The van der Waals surface area contributed by atoms with Crippen LogP contribution in [0, 0.1) is 6.92 Å². The Bertz CT molecular complexity index is 916. The van der Waals surface area contributed by atoms with E-state index >= 15 is 0 Å². The van der Waals surface area contributed by atoms with Gasteiger partial charge in [-0.3, -0.25) is 4.79 Å². The van der Waals surface area contributed by atoms with Crippen molar-refractivity contribution in [2.24, 2.45) is 0 Å². The van der Waals surface area contributed by atoms with E-state index in [1.807, 2.05) is 55.6 Å². The minimum Gasteiger partial charge on any atom is -0.325 e. The minimum absolute atomic E-state index is 0.00721. The van der Waals surface area contributed by atoms with E-state index in [-0.39, 0.29) is 5.91 Å². The first kappa shape index (κ1) is 16.9. The molecule has 26 heavy (non-hydrogen) atoms. The zero-order valence-corrected chi connectivity index (χ0v) is 15.5. The van der Waals surface area contributed by atoms with Gasteiger partial charge in [-0.15, -0.1) is 0 Å². The molecule has 0 unspecified atom stereocenters. The van der Waals surface area contributed by atoms with E-state index in [0.29, 0.717) is 11.8 Å². The molecule has 0 spiro atoms. The summed E-state index contributed by atoms with van der Waals surface area (Å²) in [7, 11) is 0. The summed E-state index contributed by atoms with van der Waals surface area (Å²) in [6.45, 7) is 2.02. The summed E-state index contributed by atoms with van der Waals surface area (Å²) in [5.41, 5.74) is 4.27. The standard InChI is InChI=1S/C21H21N3OS/c1-15-6-5-9-17(12-15)23-20(25)14-26-21-22-13-19(24(21)18-10-11-18)16-7-3-2-4-8-16/h2-9,12-13,18H,10-11,14H2,1H3,(H,23,25). The van der Waals surface area contributed by atoms with Gasteiger partial charge in [-0.25, -0.2) is 4.98 Å². The van der Waals surface area contributed by atoms with E-state index < -0.39 is 0 Å². The number of amides is 1. The molecule has 1 amide bonds. The Labute approximate surface area is 157 Å². The highest BCUT2D eigenvalue weighted by Gasteiger charge is 2.29. The average Bonchev–Trinajstić information content (AvgIpc) is 3.40. The van der Waals surface area contributed by atoms with Crippen LogP contribution in [0.2, 0.25) is 0 Å². The van der Waals surface area contributed by atoms with E-state index in [0.717, 1.165) is 22.1 Å². The topological polar surface area (TPSA) is 46.9 Å². The molecule has 1 aliphatic rings. The Morgan fingerprint density at radius 3 is 2.73 bits per heavy atom. The molecule has 3 aromatic rings. The highest BCUT2D eigenvalue weighted by atomic mass is 32.2. The lowest BCUT2D eigenvalue weighted by Crippen LogP contribution is -2.14. The minimum atomic E-state index is -0.00721. The molecular formula is C21H21N3OS. The van der Waals surface area contributed by atoms with Gasteiger partial charge in [0.2, 0.25) is 5.91 Å². The number of rotatable bonds is 6. The molecule has 2 aromatic carbocycles. The van der Waals surface area contributed by atoms with Gasteiger partial charge in [0.05, 0.1) is 17.6 Å². The van der Waals surface area contributed by atoms with Crippen molar-refractivity contribution in [1.82, 2.24) is 9.55 Å². The van der Waals surface area contributed by atoms with Crippen LogP contribution in [0.25, 0.3) is 11.3 Å². The Hall–Kier alpha value is -2.53. The van der Waals surface area contributed by atoms with Gasteiger partial charge in [0.25, 0.3) is 0 Å². The van der Waals surface area contributed by atoms with Crippen molar-refractivity contribution in [3.8, 4) is 11.3 Å². The highest BCUT2D eigenvalue weighted by molar-refractivity contribution is 7.99. The van der Waals surface area contributed by atoms with Crippen LogP contribution in [0.15, 0.2) is 66.0 Å². The molecule has 1 aromatic heterocycles. The quantitative estimate of drug-likeness (QED) is 0.632. The number of carbonyl (C=O) groups is 1. The second kappa shape index (κ2) is 7.38. The Balaban J connectivity index is 1.47. The Morgan fingerprint density at radius 1 is 1.19 bits per heavy atom. The third-order valence-electron chi connectivity index (χ3n) is 4.38. The van der Waals surface area contributed by atoms with E-state index in [9.17, 15) is 4.79 Å². The van der Waals surface area contributed by atoms with Crippen molar-refractivity contribution in [2.45, 2.75) is 31.0 Å². The summed E-state index contributed by atoms with van der Waals surface area (Å²) in [6.07, 6.45) is 4.28. The summed E-state index contributed by atoms with van der Waals surface area (Å²) in [4.78, 5) is 16.9. The van der Waals surface area contributed by atoms with Gasteiger partial charge in [0.1, 0.15) is 0 Å². The molecule has 0 aliphatic heterocycles. The van der Waals surface area contributed by atoms with Gasteiger partial charge in [-0.2, -0.15) is 0 Å². The maximum absolute atomic E-state index is 12.3. The van der Waals surface area contributed by atoms with Crippen LogP contribution in [-0.2, 0) is 4.79 Å². The zero-order chi connectivity index (χ0) is 17.9. The van der Waals surface area contributed by atoms with Crippen LogP contribution < -0.4 is 5.32 Å². The number of thioether (sulfide) groups is 1. The largest absolute Gasteiger partial charge is 0.325 e. The molecule has 1 saturated carbocycles. The number of nitrogens with one attached hydrogen (secondary N) is 1. The van der Waals surface area contributed by atoms with Crippen molar-refractivity contribution >= 4 is 23.4 Å². The zero-order valence-electron chi connectivity index (χ0n) is 14.7. The molecule has 0 bridgehead atoms. The van der Waals surface area contributed by atoms with Gasteiger partial charge < -0.3 is 9.88 Å². The molecule has 5 heteroatoms. The van der Waals surface area contributed by atoms with Gasteiger partial charge in [-0.05, 0) is 43.0 Å². The van der Waals surface area contributed by atoms with Gasteiger partial charge >= 0.3 is 0 Å². The van der Waals surface area contributed by atoms with E-state index in [1.165, 1.54) is 30.2 Å². The third kappa shape index (κ3) is 3.83. The van der Waals surface area contributed by atoms with Crippen LogP contribution in [0.1, 0.15) is 24.4 Å². The summed E-state index contributed by atoms with van der Waals surface area (Å²) < 4.78 is 2.29. The molecule has 132 valence electrons. The predicted octanol–water partition coefficient (Wildman–Crippen LogP) is 4.92. The second-order valence-electron chi connectivity index (χ2n) is 6.60. The smallest absolute Gasteiger partial charge is 0.234 e. The number of imidazole rings is 1. The number of benzene rings is 2.